The molecule has 4 heteroatoms. The molecule has 0 fully saturated rings. The fourth-order valence-electron chi connectivity index (χ4n) is 0.0481. The van der Waals surface area contributed by atoms with E-state index in [0.29, 0.717) is 0 Å². The number of hydrogen-bond donors (Lipinski definition) is 0. The SMILES string of the molecule is C#CCC.C#CCSP.P=S. The van der Waals surface area contributed by atoms with Gasteiger partial charge in [-0.15, -0.1) is 30.1 Å². The van der Waals surface area contributed by atoms with Gasteiger partial charge in [-0.3, -0.25) is 0 Å². The van der Waals surface area contributed by atoms with Gasteiger partial charge in [0.1, 0.15) is 0 Å². The molecule has 1 unspecified atom stereocenters. The van der Waals surface area contributed by atoms with Crippen LogP contribution in [0.5, 0.6) is 0 Å². The van der Waals surface area contributed by atoms with Crippen LogP contribution in [0.2, 0.25) is 0 Å². The quantitative estimate of drug-likeness (QED) is 0.494. The van der Waals surface area contributed by atoms with Crippen LogP contribution in [0.15, 0.2) is 0 Å². The smallest absolute Gasteiger partial charge is 0.0581 e. The molecule has 0 N–H and O–H groups in total. The third kappa shape index (κ3) is 63.2. The zero-order valence-electron chi connectivity index (χ0n) is 6.46. The summed E-state index contributed by atoms with van der Waals surface area (Å²) in [7, 11) is 5.03. The Morgan fingerprint density at radius 3 is 1.82 bits per heavy atom. The first-order valence-electron chi connectivity index (χ1n) is 2.72. The predicted molar refractivity (Wildman–Crippen MR) is 65.8 cm³/mol. The van der Waals surface area contributed by atoms with Gasteiger partial charge in [-0.25, -0.2) is 0 Å². The molecular weight excluding hydrogens is 210 g/mol. The Balaban J connectivity index is -0.0000000965. The van der Waals surface area contributed by atoms with E-state index in [4.69, 9.17) is 12.8 Å². The highest BCUT2D eigenvalue weighted by Crippen LogP contribution is 2.06. The molecule has 0 saturated heterocycles. The molecule has 0 nitrogen and oxygen atoms in total. The largest absolute Gasteiger partial charge is 0.128 e. The number of rotatable bonds is 1. The molecule has 11 heavy (non-hydrogen) atoms. The Morgan fingerprint density at radius 2 is 1.82 bits per heavy atom. The Hall–Kier alpha value is 0.420. The second-order valence-corrected chi connectivity index (χ2v) is 2.69. The maximum atomic E-state index is 4.85. The van der Waals surface area contributed by atoms with E-state index in [2.05, 4.69) is 40.1 Å². The summed E-state index contributed by atoms with van der Waals surface area (Å²) in [5, 5.41) is 0. The molecule has 0 saturated carbocycles. The van der Waals surface area contributed by atoms with Gasteiger partial charge in [0.15, 0.2) is 0 Å². The van der Waals surface area contributed by atoms with Crippen molar-refractivity contribution < 1.29 is 0 Å². The van der Waals surface area contributed by atoms with Gasteiger partial charge in [-0.1, -0.05) is 33.1 Å². The molecule has 0 aliphatic carbocycles. The van der Waals surface area contributed by atoms with Crippen molar-refractivity contribution in [2.24, 2.45) is 0 Å². The molecule has 0 amide bonds. The summed E-state index contributed by atoms with van der Waals surface area (Å²) >= 11 is 5.47. The summed E-state index contributed by atoms with van der Waals surface area (Å²) in [6, 6.07) is 0. The first-order valence-corrected chi connectivity index (χ1v) is 6.82. The highest BCUT2D eigenvalue weighted by atomic mass is 32.7. The summed E-state index contributed by atoms with van der Waals surface area (Å²) in [4.78, 5) is 0. The molecule has 0 radical (unpaired) electrons. The molecule has 62 valence electrons. The minimum Gasteiger partial charge on any atom is -0.128 e. The molecule has 1 atom stereocenters. The van der Waals surface area contributed by atoms with Crippen LogP contribution < -0.4 is 0 Å². The summed E-state index contributed by atoms with van der Waals surface area (Å²) in [5.41, 5.74) is 0. The lowest BCUT2D eigenvalue weighted by atomic mass is 10.5. The fourth-order valence-corrected chi connectivity index (χ4v) is 0.433. The molecule has 0 aliphatic heterocycles. The van der Waals surface area contributed by atoms with Crippen molar-refractivity contribution in [1.29, 1.82) is 0 Å². The van der Waals surface area contributed by atoms with Gasteiger partial charge < -0.3 is 0 Å². The predicted octanol–water partition coefficient (Wildman–Crippen LogP) is 2.76. The van der Waals surface area contributed by atoms with Crippen LogP contribution in [0.4, 0.5) is 0 Å². The minimum absolute atomic E-state index is 0.796. The van der Waals surface area contributed by atoms with Crippen molar-refractivity contribution in [2.45, 2.75) is 13.3 Å². The van der Waals surface area contributed by atoms with Gasteiger partial charge in [-0.2, -0.15) is 0 Å². The highest BCUT2D eigenvalue weighted by molar-refractivity contribution is 8.43. The summed E-state index contributed by atoms with van der Waals surface area (Å²) < 4.78 is 0. The molecule has 0 aromatic carbocycles. The fraction of sp³-hybridized carbons (Fsp3) is 0.429. The van der Waals surface area contributed by atoms with Crippen LogP contribution in [0, 0.1) is 24.7 Å². The van der Waals surface area contributed by atoms with Crippen LogP contribution in [-0.2, 0) is 11.8 Å². The van der Waals surface area contributed by atoms with E-state index in [0.717, 1.165) is 12.2 Å². The lowest BCUT2D eigenvalue weighted by molar-refractivity contribution is 1.28. The van der Waals surface area contributed by atoms with Crippen LogP contribution in [0.3, 0.4) is 0 Å². The molecule has 0 heterocycles. The maximum absolute atomic E-state index is 4.85. The lowest BCUT2D eigenvalue weighted by Gasteiger charge is -1.70. The second-order valence-electron chi connectivity index (χ2n) is 1.07. The van der Waals surface area contributed by atoms with Crippen molar-refractivity contribution in [3.63, 3.8) is 0 Å². The normalized spacial score (nSPS) is 5.09. The number of terminal acetylenes is 2. The molecule has 0 bridgehead atoms. The van der Waals surface area contributed by atoms with Crippen LogP contribution in [0.25, 0.3) is 0 Å². The first kappa shape index (κ1) is 17.5. The monoisotopic (exact) mass is 222 g/mol. The molecule has 0 spiro atoms. The molecular formula is C7H12P2S2. The maximum Gasteiger partial charge on any atom is 0.0581 e. The Kier molecular flexibility index (Phi) is 50.0. The summed E-state index contributed by atoms with van der Waals surface area (Å²) in [6.07, 6.45) is 10.5. The molecule has 0 aromatic heterocycles. The van der Waals surface area contributed by atoms with Crippen molar-refractivity contribution in [3.05, 3.63) is 0 Å². The summed E-state index contributed by atoms with van der Waals surface area (Å²) in [6.45, 7) is 1.94. The average Bonchev–Trinajstić information content (AvgIpc) is 2.10. The Labute approximate surface area is 83.5 Å². The Bertz CT molecular complexity index is 123. The van der Waals surface area contributed by atoms with E-state index in [1.165, 1.54) is 0 Å². The lowest BCUT2D eigenvalue weighted by Crippen LogP contribution is -1.53. The van der Waals surface area contributed by atoms with E-state index in [-0.39, 0.29) is 0 Å². The highest BCUT2D eigenvalue weighted by Gasteiger charge is 1.60. The number of hydrogen-bond acceptors (Lipinski definition) is 2. The summed E-state index contributed by atoms with van der Waals surface area (Å²) in [5.74, 6) is 5.69. The standard InChI is InChI=1S/C4H6.C3H5PS.HPS/c1-3-4-2;1-2-3-5-4;1-2/h1H,4H2,2H3;1H,3-4H2;1H. The van der Waals surface area contributed by atoms with Crippen molar-refractivity contribution in [3.8, 4) is 24.7 Å². The van der Waals surface area contributed by atoms with E-state index in [1.807, 2.05) is 6.92 Å². The van der Waals surface area contributed by atoms with E-state index >= 15 is 0 Å². The van der Waals surface area contributed by atoms with Crippen molar-refractivity contribution >= 4 is 39.6 Å². The second kappa shape index (κ2) is 31.5. The minimum atomic E-state index is 0.796. The molecule has 0 aliphatic rings. The van der Waals surface area contributed by atoms with Gasteiger partial charge in [0.2, 0.25) is 0 Å². The topological polar surface area (TPSA) is 0 Å². The van der Waals surface area contributed by atoms with Gasteiger partial charge in [0.05, 0.1) is 5.75 Å². The van der Waals surface area contributed by atoms with Crippen LogP contribution >= 0.6 is 27.8 Å². The third-order valence-corrected chi connectivity index (χ3v) is 1.20. The average molecular weight is 222 g/mol. The van der Waals surface area contributed by atoms with Crippen molar-refractivity contribution in [1.82, 2.24) is 0 Å². The van der Waals surface area contributed by atoms with Gasteiger partial charge in [-0.05, 0) is 8.02 Å². The van der Waals surface area contributed by atoms with E-state index in [9.17, 15) is 0 Å². The van der Waals surface area contributed by atoms with Gasteiger partial charge >= 0.3 is 0 Å². The molecule has 0 rings (SSSR count). The first-order chi connectivity index (χ1) is 5.33. The van der Waals surface area contributed by atoms with E-state index < -0.39 is 0 Å². The van der Waals surface area contributed by atoms with Gasteiger partial charge in [0, 0.05) is 6.42 Å². The third-order valence-electron chi connectivity index (χ3n) is 0.371. The van der Waals surface area contributed by atoms with Crippen LogP contribution in [-0.4, -0.2) is 5.75 Å². The van der Waals surface area contributed by atoms with Crippen LogP contribution in [0.1, 0.15) is 13.3 Å². The zero-order valence-corrected chi connectivity index (χ0v) is 10.3. The van der Waals surface area contributed by atoms with Crippen molar-refractivity contribution in [2.75, 3.05) is 5.75 Å². The molecule has 0 aromatic rings. The van der Waals surface area contributed by atoms with E-state index in [1.54, 1.807) is 11.4 Å². The van der Waals surface area contributed by atoms with Gasteiger partial charge in [0.25, 0.3) is 0 Å². The zero-order chi connectivity index (χ0) is 9.54. The Morgan fingerprint density at radius 1 is 1.45 bits per heavy atom.